The largest absolute Gasteiger partial charge is 0.506 e. The molecule has 1 radical (unpaired) electrons. The van der Waals surface area contributed by atoms with E-state index in [2.05, 4.69) is 22.5 Å². The minimum absolute atomic E-state index is 0.0246. The van der Waals surface area contributed by atoms with Crippen molar-refractivity contribution in [3.8, 4) is 17.2 Å². The number of amides is 2. The van der Waals surface area contributed by atoms with Crippen LogP contribution in [0.15, 0.2) is 66.9 Å². The Hall–Kier alpha value is -4.59. The van der Waals surface area contributed by atoms with Crippen molar-refractivity contribution in [1.29, 1.82) is 0 Å². The molecule has 0 aliphatic rings. The number of phenolic OH excluding ortho intramolecular Hbond substituents is 1. The number of hydrogen-bond donors (Lipinski definition) is 3. The van der Waals surface area contributed by atoms with Crippen LogP contribution in [0, 0.1) is 6.92 Å². The molecule has 0 spiro atoms. The molecule has 0 saturated heterocycles. The van der Waals surface area contributed by atoms with Gasteiger partial charge in [-0.05, 0) is 49.2 Å². The van der Waals surface area contributed by atoms with Crippen LogP contribution >= 0.6 is 0 Å². The molecule has 8 heteroatoms. The number of benzene rings is 3. The molecule has 4 rings (SSSR count). The average molecular weight is 471 g/mol. The number of pyridine rings is 1. The van der Waals surface area contributed by atoms with Crippen LogP contribution in [0.4, 0.5) is 11.4 Å². The lowest BCUT2D eigenvalue weighted by Gasteiger charge is -2.16. The molecule has 0 unspecified atom stereocenters. The summed E-state index contributed by atoms with van der Waals surface area (Å²) in [6.45, 7) is 3.84. The Labute approximate surface area is 202 Å². The molecule has 0 aliphatic carbocycles. The molecule has 8 nitrogen and oxygen atoms in total. The van der Waals surface area contributed by atoms with Crippen LogP contribution in [-0.2, 0) is 6.42 Å². The second-order valence-electron chi connectivity index (χ2n) is 7.68. The van der Waals surface area contributed by atoms with Crippen LogP contribution in [0.25, 0.3) is 10.9 Å². The highest BCUT2D eigenvalue weighted by Crippen LogP contribution is 2.34. The van der Waals surface area contributed by atoms with E-state index < -0.39 is 11.8 Å². The minimum Gasteiger partial charge on any atom is -0.506 e. The fraction of sp³-hybridized carbons (Fsp3) is 0.111. The summed E-state index contributed by atoms with van der Waals surface area (Å²) in [5.74, 6) is -0.211. The third kappa shape index (κ3) is 5.01. The quantitative estimate of drug-likeness (QED) is 0.357. The smallest absolute Gasteiger partial charge is 0.257 e. The summed E-state index contributed by atoms with van der Waals surface area (Å²) >= 11 is 0. The van der Waals surface area contributed by atoms with Gasteiger partial charge in [-0.1, -0.05) is 24.3 Å². The Morgan fingerprint density at radius 1 is 0.943 bits per heavy atom. The fourth-order valence-electron chi connectivity index (χ4n) is 3.59. The number of carbonyl (C=O) groups excluding carboxylic acids is 2. The van der Waals surface area contributed by atoms with Crippen molar-refractivity contribution in [2.75, 3.05) is 24.9 Å². The third-order valence-corrected chi connectivity index (χ3v) is 5.47. The number of methoxy groups -OCH3 is 2. The van der Waals surface area contributed by atoms with Gasteiger partial charge in [-0.25, -0.2) is 0 Å². The zero-order valence-corrected chi connectivity index (χ0v) is 19.3. The van der Waals surface area contributed by atoms with Crippen molar-refractivity contribution in [3.05, 3.63) is 90.5 Å². The number of phenols is 1. The second kappa shape index (κ2) is 10.1. The van der Waals surface area contributed by atoms with E-state index in [4.69, 9.17) is 9.47 Å². The molecular weight excluding hydrogens is 446 g/mol. The number of aromatic nitrogens is 1. The molecule has 3 aromatic carbocycles. The van der Waals surface area contributed by atoms with E-state index in [9.17, 15) is 14.7 Å². The number of ether oxygens (including phenoxy) is 2. The number of carbonyl (C=O) groups is 2. The molecule has 177 valence electrons. The van der Waals surface area contributed by atoms with Gasteiger partial charge in [0.25, 0.3) is 11.8 Å². The first-order valence-electron chi connectivity index (χ1n) is 10.8. The van der Waals surface area contributed by atoms with Crippen LogP contribution < -0.4 is 20.1 Å². The third-order valence-electron chi connectivity index (χ3n) is 5.47. The van der Waals surface area contributed by atoms with E-state index in [1.54, 1.807) is 30.3 Å². The summed E-state index contributed by atoms with van der Waals surface area (Å²) in [4.78, 5) is 30.4. The summed E-state index contributed by atoms with van der Waals surface area (Å²) in [7, 11) is 2.93. The summed E-state index contributed by atoms with van der Waals surface area (Å²) in [5, 5.41) is 16.2. The Kier molecular flexibility index (Phi) is 6.82. The number of hydrogen-bond acceptors (Lipinski definition) is 6. The van der Waals surface area contributed by atoms with Crippen LogP contribution in [0.1, 0.15) is 26.3 Å². The zero-order chi connectivity index (χ0) is 24.9. The molecule has 0 fully saturated rings. The first kappa shape index (κ1) is 23.6. The zero-order valence-electron chi connectivity index (χ0n) is 19.3. The average Bonchev–Trinajstić information content (AvgIpc) is 2.88. The number of nitrogens with zero attached hydrogens (tertiary/aromatic N) is 1. The second-order valence-corrected chi connectivity index (χ2v) is 7.68. The van der Waals surface area contributed by atoms with Crippen LogP contribution in [0.2, 0.25) is 0 Å². The van der Waals surface area contributed by atoms with Gasteiger partial charge in [-0.3, -0.25) is 14.6 Å². The molecular formula is C27H24N3O5. The molecule has 1 heterocycles. The molecule has 3 N–H and O–H groups in total. The maximum absolute atomic E-state index is 13.2. The van der Waals surface area contributed by atoms with E-state index in [-0.39, 0.29) is 22.6 Å². The molecule has 0 atom stereocenters. The number of anilines is 2. The Morgan fingerprint density at radius 2 is 1.66 bits per heavy atom. The first-order valence-corrected chi connectivity index (χ1v) is 10.8. The van der Waals surface area contributed by atoms with E-state index in [1.165, 1.54) is 38.6 Å². The van der Waals surface area contributed by atoms with Gasteiger partial charge in [0.05, 0.1) is 31.0 Å². The summed E-state index contributed by atoms with van der Waals surface area (Å²) in [5.41, 5.74) is 2.70. The molecule has 0 bridgehead atoms. The maximum atomic E-state index is 13.2. The minimum atomic E-state index is -0.483. The van der Waals surface area contributed by atoms with Crippen molar-refractivity contribution >= 4 is 34.1 Å². The molecule has 0 aliphatic heterocycles. The summed E-state index contributed by atoms with van der Waals surface area (Å²) in [6, 6.07) is 16.9. The van der Waals surface area contributed by atoms with Gasteiger partial charge >= 0.3 is 0 Å². The molecule has 4 aromatic rings. The number of rotatable bonds is 7. The Balaban J connectivity index is 1.67. The number of aromatic hydroxyl groups is 1. The van der Waals surface area contributed by atoms with Crippen molar-refractivity contribution in [2.24, 2.45) is 0 Å². The molecule has 35 heavy (non-hydrogen) atoms. The van der Waals surface area contributed by atoms with Crippen molar-refractivity contribution in [1.82, 2.24) is 4.98 Å². The van der Waals surface area contributed by atoms with Gasteiger partial charge in [-0.2, -0.15) is 0 Å². The molecule has 1 aromatic heterocycles. The molecule has 2 amide bonds. The summed E-state index contributed by atoms with van der Waals surface area (Å²) < 4.78 is 10.7. The standard InChI is InChI=1S/C27H24N3O5/c1-4-16-8-10-19(11-9-16)29-27(33)20-13-23(34-2)24(35-3)14-21(20)30-26(32)18-12-17-6-5-7-22(31)25(17)28-15-18/h5-15,31H,1,4H2,2-3H3,(H,29,33)(H,30,32). The molecule has 0 saturated carbocycles. The van der Waals surface area contributed by atoms with Gasteiger partial charge in [0.2, 0.25) is 0 Å². The SMILES string of the molecule is [CH2]Cc1ccc(NC(=O)c2cc(OC)c(OC)cc2NC(=O)c2cnc3c(O)cccc3c2)cc1. The van der Waals surface area contributed by atoms with E-state index in [0.29, 0.717) is 34.5 Å². The van der Waals surface area contributed by atoms with Gasteiger partial charge in [0.15, 0.2) is 11.5 Å². The highest BCUT2D eigenvalue weighted by atomic mass is 16.5. The lowest BCUT2D eigenvalue weighted by atomic mass is 10.1. The van der Waals surface area contributed by atoms with Gasteiger partial charge in [0.1, 0.15) is 11.3 Å². The van der Waals surface area contributed by atoms with Crippen LogP contribution in [0.5, 0.6) is 17.2 Å². The number of nitrogens with one attached hydrogen (secondary N) is 2. The van der Waals surface area contributed by atoms with Crippen molar-refractivity contribution in [3.63, 3.8) is 0 Å². The van der Waals surface area contributed by atoms with Crippen LogP contribution in [-0.4, -0.2) is 36.1 Å². The van der Waals surface area contributed by atoms with Gasteiger partial charge in [0, 0.05) is 23.3 Å². The Morgan fingerprint density at radius 3 is 2.34 bits per heavy atom. The lowest BCUT2D eigenvalue weighted by Crippen LogP contribution is -2.19. The van der Waals surface area contributed by atoms with E-state index in [1.807, 2.05) is 12.1 Å². The normalized spacial score (nSPS) is 10.6. The van der Waals surface area contributed by atoms with Gasteiger partial charge < -0.3 is 25.2 Å². The predicted molar refractivity (Wildman–Crippen MR) is 134 cm³/mol. The Bertz CT molecular complexity index is 1400. The fourth-order valence-corrected chi connectivity index (χ4v) is 3.59. The van der Waals surface area contributed by atoms with E-state index >= 15 is 0 Å². The number of para-hydroxylation sites is 1. The van der Waals surface area contributed by atoms with Gasteiger partial charge in [-0.15, -0.1) is 0 Å². The predicted octanol–water partition coefficient (Wildman–Crippen LogP) is 4.84. The lowest BCUT2D eigenvalue weighted by molar-refractivity contribution is 0.102. The highest BCUT2D eigenvalue weighted by Gasteiger charge is 2.20. The monoisotopic (exact) mass is 470 g/mol. The van der Waals surface area contributed by atoms with Crippen molar-refractivity contribution < 1.29 is 24.2 Å². The van der Waals surface area contributed by atoms with Crippen molar-refractivity contribution in [2.45, 2.75) is 6.42 Å². The highest BCUT2D eigenvalue weighted by molar-refractivity contribution is 6.13. The topological polar surface area (TPSA) is 110 Å². The first-order chi connectivity index (χ1) is 16.9. The maximum Gasteiger partial charge on any atom is 0.257 e. The summed E-state index contributed by atoms with van der Waals surface area (Å²) in [6.07, 6.45) is 2.01. The van der Waals surface area contributed by atoms with Crippen LogP contribution in [0.3, 0.4) is 0 Å². The van der Waals surface area contributed by atoms with E-state index in [0.717, 1.165) is 5.56 Å². The number of fused-ring (bicyclic) bond motifs is 1.